The molecule has 4 N–H and O–H groups in total. The number of para-hydroxylation sites is 1. The van der Waals surface area contributed by atoms with Crippen LogP contribution in [0.25, 0.3) is 21.8 Å². The molecule has 1 saturated carbocycles. The normalized spacial score (nSPS) is 17.1. The van der Waals surface area contributed by atoms with Gasteiger partial charge in [0.2, 0.25) is 5.95 Å². The Labute approximate surface area is 203 Å². The summed E-state index contributed by atoms with van der Waals surface area (Å²) in [7, 11) is 0. The standard InChI is InChI=1S/C26H29N7O2/c34-25(30-17-5-1-2-6-17)20-12-18(13-22-21(20)15-29-33-22)31-26-28-14-16-4-3-7-23(24(16)32-26)35-19-8-10-27-11-9-19/h3-4,7,12-15,17,19,27H,1-2,5-6,8-11H2,(H,29,33)(H,30,34)(H,28,31,32). The topological polar surface area (TPSA) is 117 Å². The summed E-state index contributed by atoms with van der Waals surface area (Å²) in [6, 6.07) is 9.91. The minimum Gasteiger partial charge on any atom is -0.488 e. The highest BCUT2D eigenvalue weighted by atomic mass is 16.5. The van der Waals surface area contributed by atoms with Crippen molar-refractivity contribution in [3.63, 3.8) is 0 Å². The summed E-state index contributed by atoms with van der Waals surface area (Å²) in [5.74, 6) is 1.13. The molecule has 0 bridgehead atoms. The van der Waals surface area contributed by atoms with Crippen molar-refractivity contribution in [2.24, 2.45) is 0 Å². The number of hydrogen-bond acceptors (Lipinski definition) is 7. The molecule has 180 valence electrons. The van der Waals surface area contributed by atoms with Gasteiger partial charge < -0.3 is 20.7 Å². The van der Waals surface area contributed by atoms with E-state index in [1.54, 1.807) is 12.4 Å². The van der Waals surface area contributed by atoms with Crippen LogP contribution in [0.1, 0.15) is 48.9 Å². The van der Waals surface area contributed by atoms with E-state index in [1.807, 2.05) is 30.3 Å². The first-order valence-electron chi connectivity index (χ1n) is 12.4. The molecule has 3 heterocycles. The van der Waals surface area contributed by atoms with Crippen LogP contribution in [0.3, 0.4) is 0 Å². The highest BCUT2D eigenvalue weighted by molar-refractivity contribution is 6.07. The fourth-order valence-corrected chi connectivity index (χ4v) is 5.05. The highest BCUT2D eigenvalue weighted by Gasteiger charge is 2.21. The largest absolute Gasteiger partial charge is 0.488 e. The molecule has 9 nitrogen and oxygen atoms in total. The number of carbonyl (C=O) groups excluding carboxylic acids is 1. The fraction of sp³-hybridized carbons (Fsp3) is 0.385. The van der Waals surface area contributed by atoms with E-state index in [2.05, 4.69) is 31.1 Å². The van der Waals surface area contributed by atoms with Crippen LogP contribution in [0.5, 0.6) is 5.75 Å². The molecule has 1 saturated heterocycles. The summed E-state index contributed by atoms with van der Waals surface area (Å²) in [6.45, 7) is 1.92. The van der Waals surface area contributed by atoms with E-state index in [9.17, 15) is 4.79 Å². The lowest BCUT2D eigenvalue weighted by atomic mass is 10.1. The molecule has 1 aliphatic carbocycles. The molecule has 6 rings (SSSR count). The van der Waals surface area contributed by atoms with E-state index in [0.717, 1.165) is 84.9 Å². The second-order valence-corrected chi connectivity index (χ2v) is 9.39. The van der Waals surface area contributed by atoms with Crippen molar-refractivity contribution in [3.05, 3.63) is 48.3 Å². The molecule has 9 heteroatoms. The van der Waals surface area contributed by atoms with Crippen molar-refractivity contribution in [1.29, 1.82) is 0 Å². The average Bonchev–Trinajstić information content (AvgIpc) is 3.57. The summed E-state index contributed by atoms with van der Waals surface area (Å²) in [5, 5.41) is 18.7. The predicted octanol–water partition coefficient (Wildman–Crippen LogP) is 4.05. The van der Waals surface area contributed by atoms with E-state index < -0.39 is 0 Å². The number of anilines is 2. The molecule has 1 amide bonds. The Kier molecular flexibility index (Phi) is 5.91. The highest BCUT2D eigenvalue weighted by Crippen LogP contribution is 2.29. The van der Waals surface area contributed by atoms with Gasteiger partial charge in [-0.1, -0.05) is 25.0 Å². The molecular weight excluding hydrogens is 442 g/mol. The maximum absolute atomic E-state index is 13.1. The number of rotatable bonds is 6. The molecule has 2 aromatic heterocycles. The van der Waals surface area contributed by atoms with Gasteiger partial charge in [0.25, 0.3) is 5.91 Å². The van der Waals surface area contributed by atoms with Gasteiger partial charge in [-0.2, -0.15) is 5.10 Å². The van der Waals surface area contributed by atoms with Crippen LogP contribution in [0.15, 0.2) is 42.7 Å². The van der Waals surface area contributed by atoms with Gasteiger partial charge in [-0.05, 0) is 57.0 Å². The number of carbonyl (C=O) groups is 1. The zero-order chi connectivity index (χ0) is 23.6. The Hall–Kier alpha value is -3.72. The third-order valence-electron chi connectivity index (χ3n) is 6.90. The molecule has 1 aliphatic heterocycles. The van der Waals surface area contributed by atoms with Gasteiger partial charge in [-0.25, -0.2) is 9.97 Å². The predicted molar refractivity (Wildman–Crippen MR) is 135 cm³/mol. The van der Waals surface area contributed by atoms with Gasteiger partial charge in [0.1, 0.15) is 17.4 Å². The Morgan fingerprint density at radius 1 is 1.06 bits per heavy atom. The number of aromatic nitrogens is 4. The van der Waals surface area contributed by atoms with E-state index >= 15 is 0 Å². The molecular formula is C26H29N7O2. The second kappa shape index (κ2) is 9.50. The summed E-state index contributed by atoms with van der Waals surface area (Å²) < 4.78 is 6.31. The first kappa shape index (κ1) is 21.8. The lowest BCUT2D eigenvalue weighted by Crippen LogP contribution is -2.34. The van der Waals surface area contributed by atoms with Crippen molar-refractivity contribution in [2.75, 3.05) is 18.4 Å². The summed E-state index contributed by atoms with van der Waals surface area (Å²) in [4.78, 5) is 22.4. The molecule has 0 radical (unpaired) electrons. The van der Waals surface area contributed by atoms with Gasteiger partial charge in [0, 0.05) is 28.7 Å². The number of H-pyrrole nitrogens is 1. The quantitative estimate of drug-likeness (QED) is 0.335. The molecule has 35 heavy (non-hydrogen) atoms. The molecule has 4 aromatic rings. The third kappa shape index (κ3) is 4.64. The summed E-state index contributed by atoms with van der Waals surface area (Å²) >= 11 is 0. The van der Waals surface area contributed by atoms with Crippen molar-refractivity contribution in [1.82, 2.24) is 30.8 Å². The van der Waals surface area contributed by atoms with Gasteiger partial charge in [0.15, 0.2) is 0 Å². The Morgan fingerprint density at radius 2 is 1.91 bits per heavy atom. The van der Waals surface area contributed by atoms with E-state index in [-0.39, 0.29) is 18.1 Å². The SMILES string of the molecule is O=C(NC1CCCC1)c1cc(Nc2ncc3cccc(OC4CCNCC4)c3n2)cc2[nH]ncc12. The maximum Gasteiger partial charge on any atom is 0.252 e. The summed E-state index contributed by atoms with van der Waals surface area (Å²) in [6.07, 6.45) is 10.0. The number of nitrogens with one attached hydrogen (secondary N) is 4. The minimum atomic E-state index is -0.0796. The van der Waals surface area contributed by atoms with Crippen LogP contribution < -0.4 is 20.7 Å². The van der Waals surface area contributed by atoms with Gasteiger partial charge in [-0.15, -0.1) is 0 Å². The fourth-order valence-electron chi connectivity index (χ4n) is 5.05. The summed E-state index contributed by atoms with van der Waals surface area (Å²) in [5.41, 5.74) is 2.85. The van der Waals surface area contributed by atoms with Crippen LogP contribution >= 0.6 is 0 Å². The molecule has 0 spiro atoms. The monoisotopic (exact) mass is 471 g/mol. The van der Waals surface area contributed by atoms with Gasteiger partial charge in [0.05, 0.1) is 17.3 Å². The van der Waals surface area contributed by atoms with Crippen molar-refractivity contribution in [3.8, 4) is 5.75 Å². The number of benzene rings is 2. The number of fused-ring (bicyclic) bond motifs is 2. The average molecular weight is 472 g/mol. The molecule has 0 atom stereocenters. The van der Waals surface area contributed by atoms with Crippen LogP contribution in [0.4, 0.5) is 11.6 Å². The zero-order valence-corrected chi connectivity index (χ0v) is 19.5. The van der Waals surface area contributed by atoms with Gasteiger partial charge >= 0.3 is 0 Å². The lowest BCUT2D eigenvalue weighted by molar-refractivity contribution is 0.0939. The Bertz CT molecular complexity index is 1360. The van der Waals surface area contributed by atoms with Crippen LogP contribution in [-0.4, -0.2) is 51.3 Å². The number of aromatic amines is 1. The zero-order valence-electron chi connectivity index (χ0n) is 19.5. The molecule has 0 unspecified atom stereocenters. The van der Waals surface area contributed by atoms with E-state index in [1.165, 1.54) is 0 Å². The molecule has 2 aromatic carbocycles. The first-order valence-corrected chi connectivity index (χ1v) is 12.4. The number of piperidine rings is 1. The second-order valence-electron chi connectivity index (χ2n) is 9.39. The van der Waals surface area contributed by atoms with Crippen molar-refractivity contribution in [2.45, 2.75) is 50.7 Å². The van der Waals surface area contributed by atoms with E-state index in [0.29, 0.717) is 11.5 Å². The first-order chi connectivity index (χ1) is 17.2. The lowest BCUT2D eigenvalue weighted by Gasteiger charge is -2.24. The van der Waals surface area contributed by atoms with Gasteiger partial charge in [-0.3, -0.25) is 9.89 Å². The number of nitrogens with zero attached hydrogens (tertiary/aromatic N) is 3. The number of amides is 1. The number of hydrogen-bond donors (Lipinski definition) is 4. The Balaban J connectivity index is 1.29. The molecule has 2 aliphatic rings. The van der Waals surface area contributed by atoms with Crippen LogP contribution in [-0.2, 0) is 0 Å². The maximum atomic E-state index is 13.1. The van der Waals surface area contributed by atoms with E-state index in [4.69, 9.17) is 9.72 Å². The van der Waals surface area contributed by atoms with Crippen LogP contribution in [0, 0.1) is 0 Å². The van der Waals surface area contributed by atoms with Crippen molar-refractivity contribution >= 4 is 39.3 Å². The van der Waals surface area contributed by atoms with Crippen LogP contribution in [0.2, 0.25) is 0 Å². The van der Waals surface area contributed by atoms with Crippen molar-refractivity contribution < 1.29 is 9.53 Å². The number of ether oxygens (including phenoxy) is 1. The smallest absolute Gasteiger partial charge is 0.252 e. The Morgan fingerprint density at radius 3 is 2.77 bits per heavy atom. The third-order valence-corrected chi connectivity index (χ3v) is 6.90. The molecule has 2 fully saturated rings. The minimum absolute atomic E-state index is 0.0796.